The van der Waals surface area contributed by atoms with Crippen LogP contribution in [0.3, 0.4) is 0 Å². The first kappa shape index (κ1) is 25.9. The molecule has 1 amide bonds. The van der Waals surface area contributed by atoms with Crippen molar-refractivity contribution in [1.29, 1.82) is 0 Å². The quantitative estimate of drug-likeness (QED) is 0.233. The van der Waals surface area contributed by atoms with Gasteiger partial charge in [0.1, 0.15) is 5.75 Å². The van der Waals surface area contributed by atoms with Crippen molar-refractivity contribution < 1.29 is 14.3 Å². The van der Waals surface area contributed by atoms with Crippen LogP contribution in [0.5, 0.6) is 5.75 Å². The van der Waals surface area contributed by atoms with Gasteiger partial charge >= 0.3 is 0 Å². The fourth-order valence-corrected chi connectivity index (χ4v) is 5.34. The van der Waals surface area contributed by atoms with Gasteiger partial charge in [0.2, 0.25) is 0 Å². The van der Waals surface area contributed by atoms with E-state index in [1.807, 2.05) is 20.8 Å². The van der Waals surface area contributed by atoms with Gasteiger partial charge in [-0.2, -0.15) is 0 Å². The zero-order valence-electron chi connectivity index (χ0n) is 21.1. The summed E-state index contributed by atoms with van der Waals surface area (Å²) in [5.74, 6) is 0.886. The number of benzene rings is 2. The van der Waals surface area contributed by atoms with Gasteiger partial charge in [0.25, 0.3) is 11.5 Å². The third kappa shape index (κ3) is 6.16. The maximum atomic E-state index is 13.4. The fourth-order valence-electron chi connectivity index (χ4n) is 4.43. The third-order valence-corrected chi connectivity index (χ3v) is 7.22. The molecule has 0 spiro atoms. The molecule has 8 heteroatoms. The largest absolute Gasteiger partial charge is 0.494 e. The molecule has 1 saturated carbocycles. The minimum absolute atomic E-state index is 0.0572. The second kappa shape index (κ2) is 11.7. The van der Waals surface area contributed by atoms with E-state index in [1.54, 1.807) is 47.0 Å². The summed E-state index contributed by atoms with van der Waals surface area (Å²) in [6.07, 6.45) is 4.27. The molecule has 0 radical (unpaired) electrons. The lowest BCUT2D eigenvalue weighted by atomic mass is 10.1. The molecule has 0 atom stereocenters. The second-order valence-corrected chi connectivity index (χ2v) is 10.5. The maximum Gasteiger partial charge on any atom is 0.262 e. The first-order valence-electron chi connectivity index (χ1n) is 12.6. The number of nitrogens with zero attached hydrogens (tertiary/aromatic N) is 2. The minimum atomic E-state index is -0.160. The molecular weight excluding hydrogens is 474 g/mol. The van der Waals surface area contributed by atoms with Crippen molar-refractivity contribution >= 4 is 34.4 Å². The van der Waals surface area contributed by atoms with E-state index in [4.69, 9.17) is 9.72 Å². The molecule has 0 bridgehead atoms. The fraction of sp³-hybridized carbons (Fsp3) is 0.429. The summed E-state index contributed by atoms with van der Waals surface area (Å²) in [4.78, 5) is 43.7. The predicted molar refractivity (Wildman–Crippen MR) is 143 cm³/mol. The van der Waals surface area contributed by atoms with Crippen LogP contribution >= 0.6 is 11.8 Å². The lowest BCUT2D eigenvalue weighted by molar-refractivity contribution is 0.0937. The van der Waals surface area contributed by atoms with E-state index < -0.39 is 0 Å². The van der Waals surface area contributed by atoms with E-state index in [0.29, 0.717) is 40.3 Å². The number of hydrogen-bond donors (Lipinski definition) is 1. The van der Waals surface area contributed by atoms with Gasteiger partial charge in [-0.25, -0.2) is 4.98 Å². The number of thioether (sulfide) groups is 1. The Kier molecular flexibility index (Phi) is 8.46. The van der Waals surface area contributed by atoms with Crippen molar-refractivity contribution in [3.05, 3.63) is 63.9 Å². The SMILES string of the molecule is CCOc1ccc(C(=O)CSc2nc3cc(C(=O)NC4CCCC4)ccc3c(=O)n2CC(C)C)cc1. The van der Waals surface area contributed by atoms with Crippen molar-refractivity contribution in [3.63, 3.8) is 0 Å². The van der Waals surface area contributed by atoms with Crippen LogP contribution < -0.4 is 15.6 Å². The van der Waals surface area contributed by atoms with E-state index in [-0.39, 0.29) is 35.0 Å². The number of amides is 1. The molecule has 1 aromatic heterocycles. The van der Waals surface area contributed by atoms with E-state index in [2.05, 4.69) is 5.32 Å². The zero-order chi connectivity index (χ0) is 25.7. The summed E-state index contributed by atoms with van der Waals surface area (Å²) < 4.78 is 7.09. The normalized spacial score (nSPS) is 13.9. The van der Waals surface area contributed by atoms with E-state index in [1.165, 1.54) is 11.8 Å². The molecule has 1 heterocycles. The molecule has 1 fully saturated rings. The van der Waals surface area contributed by atoms with Crippen LogP contribution in [0.25, 0.3) is 10.9 Å². The van der Waals surface area contributed by atoms with E-state index >= 15 is 0 Å². The Hall–Kier alpha value is -3.13. The Morgan fingerprint density at radius 2 is 1.81 bits per heavy atom. The van der Waals surface area contributed by atoms with Gasteiger partial charge in [0.15, 0.2) is 10.9 Å². The number of aromatic nitrogens is 2. The molecule has 1 aliphatic rings. The number of hydrogen-bond acceptors (Lipinski definition) is 6. The van der Waals surface area contributed by atoms with Crippen molar-refractivity contribution in [2.45, 2.75) is 64.2 Å². The highest BCUT2D eigenvalue weighted by atomic mass is 32.2. The number of carbonyl (C=O) groups excluding carboxylic acids is 2. The average Bonchev–Trinajstić information content (AvgIpc) is 3.37. The number of ketones is 1. The van der Waals surface area contributed by atoms with E-state index in [9.17, 15) is 14.4 Å². The van der Waals surface area contributed by atoms with Crippen LogP contribution in [-0.4, -0.2) is 39.6 Å². The van der Waals surface area contributed by atoms with Crippen molar-refractivity contribution in [2.75, 3.05) is 12.4 Å². The third-order valence-electron chi connectivity index (χ3n) is 6.24. The molecule has 0 aliphatic heterocycles. The molecular formula is C28H33N3O4S. The standard InChI is InChI=1S/C28H33N3O4S/c1-4-35-22-12-9-19(10-13-22)25(32)17-36-28-30-24-15-20(26(33)29-21-7-5-6-8-21)11-14-23(24)27(34)31(28)16-18(2)3/h9-15,18,21H,4-8,16-17H2,1-3H3,(H,29,33). The molecule has 0 saturated heterocycles. The summed E-state index contributed by atoms with van der Waals surface area (Å²) in [6.45, 7) is 7.03. The molecule has 1 aliphatic carbocycles. The smallest absolute Gasteiger partial charge is 0.262 e. The highest BCUT2D eigenvalue weighted by Gasteiger charge is 2.20. The van der Waals surface area contributed by atoms with Gasteiger partial charge in [-0.1, -0.05) is 38.5 Å². The summed E-state index contributed by atoms with van der Waals surface area (Å²) in [5.41, 5.74) is 1.38. The predicted octanol–water partition coefficient (Wildman–Crippen LogP) is 5.10. The summed E-state index contributed by atoms with van der Waals surface area (Å²) in [6, 6.07) is 12.3. The number of Topliss-reactive ketones (excluding diaryl/α,β-unsaturated/α-hetero) is 1. The topological polar surface area (TPSA) is 90.3 Å². The zero-order valence-corrected chi connectivity index (χ0v) is 21.9. The monoisotopic (exact) mass is 507 g/mol. The number of nitrogens with one attached hydrogen (secondary N) is 1. The number of carbonyl (C=O) groups is 2. The first-order valence-corrected chi connectivity index (χ1v) is 13.6. The first-order chi connectivity index (χ1) is 17.4. The van der Waals surface area contributed by atoms with Crippen molar-refractivity contribution in [3.8, 4) is 5.75 Å². The lowest BCUT2D eigenvalue weighted by Gasteiger charge is -2.16. The Morgan fingerprint density at radius 3 is 2.47 bits per heavy atom. The van der Waals surface area contributed by atoms with Gasteiger partial charge in [0.05, 0.1) is 23.3 Å². The molecule has 3 aromatic rings. The van der Waals surface area contributed by atoms with Gasteiger partial charge in [-0.15, -0.1) is 0 Å². The Morgan fingerprint density at radius 1 is 1.11 bits per heavy atom. The van der Waals surface area contributed by atoms with Crippen molar-refractivity contribution in [1.82, 2.24) is 14.9 Å². The van der Waals surface area contributed by atoms with Gasteiger partial charge < -0.3 is 10.1 Å². The van der Waals surface area contributed by atoms with Gasteiger partial charge in [0, 0.05) is 23.7 Å². The van der Waals surface area contributed by atoms with Crippen LogP contribution in [0.4, 0.5) is 0 Å². The summed E-state index contributed by atoms with van der Waals surface area (Å²) in [7, 11) is 0. The van der Waals surface area contributed by atoms with Crippen molar-refractivity contribution in [2.24, 2.45) is 5.92 Å². The molecule has 36 heavy (non-hydrogen) atoms. The minimum Gasteiger partial charge on any atom is -0.494 e. The van der Waals surface area contributed by atoms with E-state index in [0.717, 1.165) is 31.4 Å². The van der Waals surface area contributed by atoms with Crippen LogP contribution in [0, 0.1) is 5.92 Å². The Labute approximate surface area is 215 Å². The van der Waals surface area contributed by atoms with Gasteiger partial charge in [-0.05, 0) is 68.1 Å². The molecule has 7 nitrogen and oxygen atoms in total. The molecule has 4 rings (SSSR count). The number of rotatable bonds is 10. The van der Waals surface area contributed by atoms with Crippen LogP contribution in [0.2, 0.25) is 0 Å². The summed E-state index contributed by atoms with van der Waals surface area (Å²) >= 11 is 1.25. The van der Waals surface area contributed by atoms with Crippen LogP contribution in [0.15, 0.2) is 52.4 Å². The van der Waals surface area contributed by atoms with Gasteiger partial charge in [-0.3, -0.25) is 19.0 Å². The number of ether oxygens (including phenoxy) is 1. The Bertz CT molecular complexity index is 1290. The highest BCUT2D eigenvalue weighted by molar-refractivity contribution is 7.99. The maximum absolute atomic E-state index is 13.4. The average molecular weight is 508 g/mol. The number of fused-ring (bicyclic) bond motifs is 1. The molecule has 190 valence electrons. The summed E-state index contributed by atoms with van der Waals surface area (Å²) in [5, 5.41) is 4.04. The second-order valence-electron chi connectivity index (χ2n) is 9.56. The van der Waals surface area contributed by atoms with Crippen LogP contribution in [0.1, 0.15) is 67.2 Å². The Balaban J connectivity index is 1.59. The molecule has 0 unspecified atom stereocenters. The van der Waals surface area contributed by atoms with Crippen LogP contribution in [-0.2, 0) is 6.54 Å². The lowest BCUT2D eigenvalue weighted by Crippen LogP contribution is -2.32. The highest BCUT2D eigenvalue weighted by Crippen LogP contribution is 2.23. The molecule has 1 N–H and O–H groups in total. The molecule has 2 aromatic carbocycles.